The zero-order valence-electron chi connectivity index (χ0n) is 17.5. The summed E-state index contributed by atoms with van der Waals surface area (Å²) in [4.78, 5) is 12.4. The summed E-state index contributed by atoms with van der Waals surface area (Å²) in [5, 5.41) is 12.7. The fraction of sp³-hybridized carbons (Fsp3) is 0.318. The molecule has 3 rings (SSSR count). The number of aryl methyl sites for hydroxylation is 2. The molecule has 0 saturated carbocycles. The van der Waals surface area contributed by atoms with Crippen molar-refractivity contribution in [2.24, 2.45) is 0 Å². The number of nitrogens with zero attached hydrogens (tertiary/aromatic N) is 3. The lowest BCUT2D eigenvalue weighted by Crippen LogP contribution is -2.16. The van der Waals surface area contributed by atoms with Crippen molar-refractivity contribution in [2.75, 3.05) is 11.1 Å². The molecule has 0 aliphatic heterocycles. The SMILES string of the molecule is CCn1c(SCC(=O)Nc2ccccc2C)nnc1C(C)Oc1cc(C)ccc1Cl. The van der Waals surface area contributed by atoms with E-state index in [1.165, 1.54) is 11.8 Å². The lowest BCUT2D eigenvalue weighted by Gasteiger charge is -2.17. The van der Waals surface area contributed by atoms with Crippen LogP contribution in [0.15, 0.2) is 47.6 Å². The third-order valence-corrected chi connectivity index (χ3v) is 5.85. The van der Waals surface area contributed by atoms with Crippen LogP contribution >= 0.6 is 23.4 Å². The third kappa shape index (κ3) is 5.34. The van der Waals surface area contributed by atoms with Crippen molar-refractivity contribution in [1.29, 1.82) is 0 Å². The standard InChI is InChI=1S/C22H25ClN4O2S/c1-5-27-21(16(4)29-19-12-14(2)10-11-17(19)23)25-26-22(27)30-13-20(28)24-18-9-7-6-8-15(18)3/h6-12,16H,5,13H2,1-4H3,(H,24,28). The first kappa shape index (κ1) is 22.2. The molecule has 0 aliphatic rings. The Hall–Kier alpha value is -2.51. The van der Waals surface area contributed by atoms with Crippen molar-refractivity contribution in [3.8, 4) is 5.75 Å². The number of nitrogens with one attached hydrogen (secondary N) is 1. The van der Waals surface area contributed by atoms with E-state index in [1.807, 2.05) is 74.7 Å². The van der Waals surface area contributed by atoms with Gasteiger partial charge in [0.2, 0.25) is 5.91 Å². The molecule has 1 N–H and O–H groups in total. The van der Waals surface area contributed by atoms with E-state index in [2.05, 4.69) is 15.5 Å². The Bertz CT molecular complexity index is 1040. The molecule has 0 radical (unpaired) electrons. The van der Waals surface area contributed by atoms with Crippen LogP contribution in [0, 0.1) is 13.8 Å². The molecule has 0 spiro atoms. The Kier molecular flexibility index (Phi) is 7.39. The fourth-order valence-corrected chi connectivity index (χ4v) is 3.95. The lowest BCUT2D eigenvalue weighted by molar-refractivity contribution is -0.113. The number of amides is 1. The van der Waals surface area contributed by atoms with E-state index in [1.54, 1.807) is 0 Å². The van der Waals surface area contributed by atoms with Crippen LogP contribution in [0.5, 0.6) is 5.75 Å². The summed E-state index contributed by atoms with van der Waals surface area (Å²) in [7, 11) is 0. The van der Waals surface area contributed by atoms with E-state index in [0.717, 1.165) is 16.8 Å². The summed E-state index contributed by atoms with van der Waals surface area (Å²) >= 11 is 7.60. The van der Waals surface area contributed by atoms with Gasteiger partial charge in [0, 0.05) is 12.2 Å². The Morgan fingerprint density at radius 2 is 2.00 bits per heavy atom. The number of rotatable bonds is 8. The second-order valence-corrected chi connectivity index (χ2v) is 8.28. The maximum absolute atomic E-state index is 12.4. The van der Waals surface area contributed by atoms with Crippen LogP contribution in [0.3, 0.4) is 0 Å². The van der Waals surface area contributed by atoms with Crippen LogP contribution in [0.1, 0.15) is 36.9 Å². The highest BCUT2D eigenvalue weighted by atomic mass is 35.5. The minimum Gasteiger partial charge on any atom is -0.481 e. The number of hydrogen-bond acceptors (Lipinski definition) is 5. The molecule has 0 saturated heterocycles. The van der Waals surface area contributed by atoms with Gasteiger partial charge in [-0.1, -0.05) is 47.6 Å². The molecule has 1 amide bonds. The zero-order chi connectivity index (χ0) is 21.7. The largest absolute Gasteiger partial charge is 0.481 e. The average molecular weight is 445 g/mol. The number of para-hydroxylation sites is 1. The summed E-state index contributed by atoms with van der Waals surface area (Å²) in [6.07, 6.45) is -0.341. The maximum Gasteiger partial charge on any atom is 0.234 e. The normalized spacial score (nSPS) is 11.9. The van der Waals surface area contributed by atoms with Crippen molar-refractivity contribution < 1.29 is 9.53 Å². The van der Waals surface area contributed by atoms with Crippen LogP contribution < -0.4 is 10.1 Å². The molecule has 8 heteroatoms. The van der Waals surface area contributed by atoms with E-state index in [4.69, 9.17) is 16.3 Å². The Labute approximate surface area is 186 Å². The van der Waals surface area contributed by atoms with Crippen molar-refractivity contribution in [1.82, 2.24) is 14.8 Å². The smallest absolute Gasteiger partial charge is 0.234 e. The second kappa shape index (κ2) is 10.00. The number of hydrogen-bond donors (Lipinski definition) is 1. The minimum absolute atomic E-state index is 0.0858. The van der Waals surface area contributed by atoms with Gasteiger partial charge in [-0.3, -0.25) is 4.79 Å². The molecular weight excluding hydrogens is 420 g/mol. The number of halogens is 1. The lowest BCUT2D eigenvalue weighted by atomic mass is 10.2. The number of ether oxygens (including phenoxy) is 1. The van der Waals surface area contributed by atoms with Crippen molar-refractivity contribution in [3.05, 3.63) is 64.4 Å². The zero-order valence-corrected chi connectivity index (χ0v) is 19.0. The predicted molar refractivity (Wildman–Crippen MR) is 121 cm³/mol. The summed E-state index contributed by atoms with van der Waals surface area (Å²) in [5.41, 5.74) is 2.91. The van der Waals surface area contributed by atoms with Gasteiger partial charge in [-0.25, -0.2) is 0 Å². The van der Waals surface area contributed by atoms with E-state index < -0.39 is 0 Å². The molecular formula is C22H25ClN4O2S. The topological polar surface area (TPSA) is 69.0 Å². The van der Waals surface area contributed by atoms with Crippen LogP contribution in [0.25, 0.3) is 0 Å². The minimum atomic E-state index is -0.341. The van der Waals surface area contributed by atoms with Crippen LogP contribution in [0.4, 0.5) is 5.69 Å². The molecule has 0 aliphatic carbocycles. The van der Waals surface area contributed by atoms with Crippen molar-refractivity contribution >= 4 is 35.0 Å². The molecule has 1 atom stereocenters. The molecule has 1 unspecified atom stereocenters. The highest BCUT2D eigenvalue weighted by Crippen LogP contribution is 2.30. The van der Waals surface area contributed by atoms with Gasteiger partial charge in [0.15, 0.2) is 17.1 Å². The molecule has 30 heavy (non-hydrogen) atoms. The quantitative estimate of drug-likeness (QED) is 0.468. The van der Waals surface area contributed by atoms with Gasteiger partial charge < -0.3 is 14.6 Å². The molecule has 158 valence electrons. The van der Waals surface area contributed by atoms with Gasteiger partial charge in [0.05, 0.1) is 10.8 Å². The molecule has 6 nitrogen and oxygen atoms in total. The molecule has 0 fully saturated rings. The van der Waals surface area contributed by atoms with E-state index in [9.17, 15) is 4.79 Å². The highest BCUT2D eigenvalue weighted by Gasteiger charge is 2.20. The molecule has 3 aromatic rings. The Balaban J connectivity index is 1.67. The first-order valence-corrected chi connectivity index (χ1v) is 11.1. The molecule has 0 bridgehead atoms. The maximum atomic E-state index is 12.4. The van der Waals surface area contributed by atoms with Gasteiger partial charge >= 0.3 is 0 Å². The van der Waals surface area contributed by atoms with Gasteiger partial charge in [0.25, 0.3) is 0 Å². The number of aromatic nitrogens is 3. The Morgan fingerprint density at radius 1 is 1.23 bits per heavy atom. The van der Waals surface area contributed by atoms with Crippen molar-refractivity contribution in [3.63, 3.8) is 0 Å². The van der Waals surface area contributed by atoms with Crippen LogP contribution in [-0.4, -0.2) is 26.4 Å². The molecule has 1 heterocycles. The molecule has 1 aromatic heterocycles. The second-order valence-electron chi connectivity index (χ2n) is 6.93. The van der Waals surface area contributed by atoms with Gasteiger partial charge in [-0.2, -0.15) is 0 Å². The summed E-state index contributed by atoms with van der Waals surface area (Å²) < 4.78 is 8.00. The molecule has 2 aromatic carbocycles. The number of thioether (sulfide) groups is 1. The van der Waals surface area contributed by atoms with Gasteiger partial charge in [-0.15, -0.1) is 10.2 Å². The monoisotopic (exact) mass is 444 g/mol. The summed E-state index contributed by atoms with van der Waals surface area (Å²) in [6, 6.07) is 13.3. The van der Waals surface area contributed by atoms with Crippen LogP contribution in [-0.2, 0) is 11.3 Å². The number of benzene rings is 2. The number of carbonyl (C=O) groups excluding carboxylic acids is 1. The van der Waals surface area contributed by atoms with E-state index in [-0.39, 0.29) is 17.8 Å². The summed E-state index contributed by atoms with van der Waals surface area (Å²) in [5.74, 6) is 1.46. The number of carbonyl (C=O) groups is 1. The van der Waals surface area contributed by atoms with E-state index >= 15 is 0 Å². The fourth-order valence-electron chi connectivity index (χ4n) is 2.98. The van der Waals surface area contributed by atoms with E-state index in [0.29, 0.717) is 28.3 Å². The first-order valence-electron chi connectivity index (χ1n) is 9.73. The predicted octanol–water partition coefficient (Wildman–Crippen LogP) is 5.44. The average Bonchev–Trinajstić information content (AvgIpc) is 3.14. The highest BCUT2D eigenvalue weighted by molar-refractivity contribution is 7.99. The third-order valence-electron chi connectivity index (χ3n) is 4.57. The Morgan fingerprint density at radius 3 is 2.73 bits per heavy atom. The van der Waals surface area contributed by atoms with Gasteiger partial charge in [0.1, 0.15) is 5.75 Å². The summed E-state index contributed by atoms with van der Waals surface area (Å²) in [6.45, 7) is 8.54. The van der Waals surface area contributed by atoms with Crippen LogP contribution in [0.2, 0.25) is 5.02 Å². The van der Waals surface area contributed by atoms with Crippen molar-refractivity contribution in [2.45, 2.75) is 45.5 Å². The van der Waals surface area contributed by atoms with Gasteiger partial charge in [-0.05, 0) is 57.0 Å². The number of anilines is 1. The first-order chi connectivity index (χ1) is 14.4.